The molecule has 0 radical (unpaired) electrons. The molecular weight excluding hydrogens is 488 g/mol. The molecule has 0 saturated heterocycles. The summed E-state index contributed by atoms with van der Waals surface area (Å²) < 4.78 is 121. The van der Waals surface area contributed by atoms with Crippen LogP contribution in [0, 0.1) is 23.3 Å². The Balaban J connectivity index is 1.66. The Bertz CT molecular complexity index is 1330. The molecule has 0 unspecified atom stereocenters. The predicted molar refractivity (Wildman–Crippen MR) is 104 cm³/mol. The molecule has 3 fully saturated rings. The zero-order valence-corrected chi connectivity index (χ0v) is 18.5. The lowest BCUT2D eigenvalue weighted by Crippen LogP contribution is -2.19. The Labute approximate surface area is 187 Å². The lowest BCUT2D eigenvalue weighted by Gasteiger charge is -2.19. The third kappa shape index (κ3) is 4.01. The summed E-state index contributed by atoms with van der Waals surface area (Å²) >= 11 is 0. The van der Waals surface area contributed by atoms with Crippen molar-refractivity contribution in [3.63, 3.8) is 0 Å². The Morgan fingerprint density at radius 3 is 1.48 bits per heavy atom. The first-order valence-corrected chi connectivity index (χ1v) is 13.2. The minimum absolute atomic E-state index is 0.0919. The van der Waals surface area contributed by atoms with Crippen LogP contribution in [0.1, 0.15) is 73.0 Å². The number of halogens is 4. The first-order chi connectivity index (χ1) is 15.4. The molecule has 6 nitrogen and oxygen atoms in total. The van der Waals surface area contributed by atoms with E-state index >= 15 is 0 Å². The summed E-state index contributed by atoms with van der Waals surface area (Å²) in [6, 6.07) is 3.50. The second-order valence-corrected chi connectivity index (χ2v) is 11.6. The highest BCUT2D eigenvalue weighted by Crippen LogP contribution is 2.52. The Kier molecular flexibility index (Phi) is 5.07. The highest BCUT2D eigenvalue weighted by molar-refractivity contribution is 7.87. The third-order valence-electron chi connectivity index (χ3n) is 6.13. The van der Waals surface area contributed by atoms with E-state index in [1.807, 2.05) is 0 Å². The number of benzene rings is 2. The lowest BCUT2D eigenvalue weighted by atomic mass is 9.97. The van der Waals surface area contributed by atoms with E-state index in [9.17, 15) is 39.0 Å². The SMILES string of the molecule is O=S(=O)([O-])c1c(F)c(F)c(OS(=O)(=O)c2c(C3CC3)cc(C3CC3)cc2C2CC2)c(F)c1F. The molecule has 0 heterocycles. The van der Waals surface area contributed by atoms with Gasteiger partial charge < -0.3 is 8.74 Å². The average molecular weight is 505 g/mol. The molecule has 0 atom stereocenters. The number of hydrogen-bond donors (Lipinski definition) is 0. The van der Waals surface area contributed by atoms with E-state index in [4.69, 9.17) is 0 Å². The van der Waals surface area contributed by atoms with Crippen LogP contribution in [0.4, 0.5) is 17.6 Å². The van der Waals surface area contributed by atoms with Gasteiger partial charge in [-0.15, -0.1) is 0 Å². The molecule has 33 heavy (non-hydrogen) atoms. The molecule has 0 aromatic heterocycles. The van der Waals surface area contributed by atoms with Crippen molar-refractivity contribution < 1.29 is 43.1 Å². The second kappa shape index (κ2) is 7.41. The van der Waals surface area contributed by atoms with Gasteiger partial charge in [0.1, 0.15) is 19.9 Å². The van der Waals surface area contributed by atoms with Gasteiger partial charge in [-0.3, -0.25) is 0 Å². The summed E-state index contributed by atoms with van der Waals surface area (Å²) in [6.45, 7) is 0. The molecule has 0 aliphatic heterocycles. The third-order valence-corrected chi connectivity index (χ3v) is 8.34. The van der Waals surface area contributed by atoms with Crippen molar-refractivity contribution in [2.24, 2.45) is 0 Å². The summed E-state index contributed by atoms with van der Waals surface area (Å²) in [5.41, 5.74) is 1.88. The van der Waals surface area contributed by atoms with E-state index in [0.29, 0.717) is 42.7 Å². The highest BCUT2D eigenvalue weighted by atomic mass is 32.2. The Hall–Kier alpha value is -2.18. The van der Waals surface area contributed by atoms with Crippen molar-refractivity contribution in [2.45, 2.75) is 66.1 Å². The molecule has 12 heteroatoms. The van der Waals surface area contributed by atoms with Gasteiger partial charge in [0.05, 0.1) is 0 Å². The van der Waals surface area contributed by atoms with Crippen molar-refractivity contribution in [2.75, 3.05) is 0 Å². The van der Waals surface area contributed by atoms with Crippen molar-refractivity contribution in [1.82, 2.24) is 0 Å². The van der Waals surface area contributed by atoms with E-state index < -0.39 is 54.2 Å². The lowest BCUT2D eigenvalue weighted by molar-refractivity contribution is 0.363. The first-order valence-electron chi connectivity index (χ1n) is 10.3. The van der Waals surface area contributed by atoms with E-state index in [2.05, 4.69) is 4.18 Å². The van der Waals surface area contributed by atoms with Crippen LogP contribution in [0.3, 0.4) is 0 Å². The van der Waals surface area contributed by atoms with Crippen LogP contribution in [0.15, 0.2) is 21.9 Å². The molecule has 0 amide bonds. The van der Waals surface area contributed by atoms with Gasteiger partial charge in [-0.05, 0) is 73.0 Å². The fourth-order valence-corrected chi connectivity index (χ4v) is 6.17. The molecule has 0 bridgehead atoms. The second-order valence-electron chi connectivity index (χ2n) is 8.76. The maximum Gasteiger partial charge on any atom is 0.339 e. The van der Waals surface area contributed by atoms with Gasteiger partial charge in [0.25, 0.3) is 0 Å². The van der Waals surface area contributed by atoms with Crippen LogP contribution in [0.5, 0.6) is 5.75 Å². The Morgan fingerprint density at radius 1 is 0.697 bits per heavy atom. The molecule has 3 aliphatic rings. The van der Waals surface area contributed by atoms with E-state index in [0.717, 1.165) is 18.4 Å². The molecule has 0 spiro atoms. The fourth-order valence-electron chi connectivity index (χ4n) is 4.07. The predicted octanol–water partition coefficient (Wildman–Crippen LogP) is 4.55. The summed E-state index contributed by atoms with van der Waals surface area (Å²) in [4.78, 5) is -2.65. The number of hydrogen-bond acceptors (Lipinski definition) is 6. The van der Waals surface area contributed by atoms with E-state index in [1.54, 1.807) is 12.1 Å². The van der Waals surface area contributed by atoms with Gasteiger partial charge in [-0.2, -0.15) is 17.2 Å². The van der Waals surface area contributed by atoms with Gasteiger partial charge in [-0.1, -0.05) is 12.1 Å². The topological polar surface area (TPSA) is 101 Å². The van der Waals surface area contributed by atoms with Crippen LogP contribution in [-0.4, -0.2) is 21.4 Å². The largest absolute Gasteiger partial charge is 0.744 e. The van der Waals surface area contributed by atoms with Crippen LogP contribution in [0.25, 0.3) is 0 Å². The standard InChI is InChI=1S/C21H18F4O6S2/c22-15-17(24)21(32(26,27)28)18(25)16(23)19(15)31-33(29,30)20-13(10-3-4-10)7-12(9-1-2-9)8-14(20)11-5-6-11/h7-11H,1-6H2,(H,26,27,28)/p-1. The normalized spacial score (nSPS) is 19.1. The van der Waals surface area contributed by atoms with Crippen LogP contribution >= 0.6 is 0 Å². The maximum atomic E-state index is 14.4. The highest BCUT2D eigenvalue weighted by Gasteiger charge is 2.41. The first kappa shape index (κ1) is 22.6. The molecule has 2 aromatic carbocycles. The fraction of sp³-hybridized carbons (Fsp3) is 0.429. The minimum atomic E-state index is -5.93. The zero-order valence-electron chi connectivity index (χ0n) is 16.9. The van der Waals surface area contributed by atoms with Crippen molar-refractivity contribution >= 4 is 20.2 Å². The monoisotopic (exact) mass is 505 g/mol. The summed E-state index contributed by atoms with van der Waals surface area (Å²) in [5, 5.41) is 0. The van der Waals surface area contributed by atoms with Crippen LogP contribution in [0.2, 0.25) is 0 Å². The summed E-state index contributed by atoms with van der Waals surface area (Å²) in [6.07, 6.45) is 4.79. The van der Waals surface area contributed by atoms with E-state index in [-0.39, 0.29) is 16.7 Å². The molecule has 3 saturated carbocycles. The van der Waals surface area contributed by atoms with Gasteiger partial charge >= 0.3 is 10.1 Å². The van der Waals surface area contributed by atoms with Crippen LogP contribution in [-0.2, 0) is 20.2 Å². The van der Waals surface area contributed by atoms with Crippen molar-refractivity contribution in [1.29, 1.82) is 0 Å². The molecule has 3 aliphatic carbocycles. The van der Waals surface area contributed by atoms with Gasteiger partial charge in [0, 0.05) is 0 Å². The quantitative estimate of drug-likeness (QED) is 0.237. The zero-order chi connectivity index (χ0) is 23.9. The molecule has 178 valence electrons. The van der Waals surface area contributed by atoms with Gasteiger partial charge in [-0.25, -0.2) is 17.2 Å². The van der Waals surface area contributed by atoms with Crippen molar-refractivity contribution in [3.05, 3.63) is 52.1 Å². The maximum absolute atomic E-state index is 14.4. The smallest absolute Gasteiger partial charge is 0.339 e. The molecule has 5 rings (SSSR count). The van der Waals surface area contributed by atoms with Gasteiger partial charge in [0.15, 0.2) is 11.6 Å². The minimum Gasteiger partial charge on any atom is -0.744 e. The summed E-state index contributed by atoms with van der Waals surface area (Å²) in [5.74, 6) is -11.8. The average Bonchev–Trinajstić information content (AvgIpc) is 3.57. The molecule has 0 N–H and O–H groups in total. The van der Waals surface area contributed by atoms with Crippen LogP contribution < -0.4 is 4.18 Å². The van der Waals surface area contributed by atoms with Crippen molar-refractivity contribution in [3.8, 4) is 5.75 Å². The molecule has 2 aromatic rings. The summed E-state index contributed by atoms with van der Waals surface area (Å²) in [7, 11) is -10.9. The number of rotatable bonds is 7. The Morgan fingerprint density at radius 2 is 1.12 bits per heavy atom. The molecular formula is C21H17F4O6S2-. The van der Waals surface area contributed by atoms with Gasteiger partial charge in [0.2, 0.25) is 17.4 Å². The van der Waals surface area contributed by atoms with E-state index in [1.165, 1.54) is 0 Å².